The lowest BCUT2D eigenvalue weighted by Gasteiger charge is -2.13. The van der Waals surface area contributed by atoms with Gasteiger partial charge in [-0.1, -0.05) is 26.0 Å². The van der Waals surface area contributed by atoms with Crippen molar-refractivity contribution < 1.29 is 9.18 Å². The second-order valence-corrected chi connectivity index (χ2v) is 6.63. The second-order valence-electron chi connectivity index (χ2n) is 6.63. The van der Waals surface area contributed by atoms with E-state index in [4.69, 9.17) is 11.1 Å². The molecule has 0 aliphatic carbocycles. The number of aromatic nitrogens is 1. The summed E-state index contributed by atoms with van der Waals surface area (Å²) in [6.07, 6.45) is 1.59. The third-order valence-electron chi connectivity index (χ3n) is 4.10. The number of carbonyl (C=O) groups excluding carboxylic acids is 1. The van der Waals surface area contributed by atoms with Gasteiger partial charge in [0.2, 0.25) is 0 Å². The molecule has 1 aromatic heterocycles. The van der Waals surface area contributed by atoms with Gasteiger partial charge >= 0.3 is 0 Å². The van der Waals surface area contributed by atoms with Crippen molar-refractivity contribution in [3.05, 3.63) is 58.7 Å². The van der Waals surface area contributed by atoms with Gasteiger partial charge in [0, 0.05) is 17.9 Å². The normalized spacial score (nSPS) is 10.9. The quantitative estimate of drug-likeness (QED) is 0.556. The number of benzene rings is 1. The largest absolute Gasteiger partial charge is 0.370 e. The fourth-order valence-corrected chi connectivity index (χ4v) is 2.92. The Kier molecular flexibility index (Phi) is 5.96. The first-order valence-corrected chi connectivity index (χ1v) is 8.36. The molecule has 2 aromatic rings. The first kappa shape index (κ1) is 18.7. The molecule has 6 heteroatoms. The number of rotatable bonds is 6. The van der Waals surface area contributed by atoms with Crippen molar-refractivity contribution in [3.63, 3.8) is 0 Å². The van der Waals surface area contributed by atoms with Gasteiger partial charge in [0.05, 0.1) is 5.56 Å². The maximum atomic E-state index is 13.0. The molecule has 0 spiro atoms. The van der Waals surface area contributed by atoms with Gasteiger partial charge in [0.15, 0.2) is 5.96 Å². The molecule has 0 atom stereocenters. The van der Waals surface area contributed by atoms with Crippen LogP contribution in [0.15, 0.2) is 30.3 Å². The molecule has 0 fully saturated rings. The molecule has 0 aliphatic rings. The summed E-state index contributed by atoms with van der Waals surface area (Å²) in [5.41, 5.74) is 8.76. The Bertz CT molecular complexity index is 762. The van der Waals surface area contributed by atoms with Crippen LogP contribution in [0.3, 0.4) is 0 Å². The monoisotopic (exact) mass is 344 g/mol. The summed E-state index contributed by atoms with van der Waals surface area (Å²) in [7, 11) is 0. The molecule has 2 rings (SSSR count). The minimum atomic E-state index is -0.367. The standard InChI is InChI=1S/C19H25FN4O/c1-12(2)10-16-11-17(18(25)23-19(21)22)13(3)24(16)9-8-14-4-6-15(20)7-5-14/h4-7,11-12H,8-10H2,1-3H3,(H4,21,22,23,25). The van der Waals surface area contributed by atoms with E-state index in [9.17, 15) is 9.18 Å². The first-order valence-electron chi connectivity index (χ1n) is 8.36. The topological polar surface area (TPSA) is 83.9 Å². The molecule has 0 unspecified atom stereocenters. The average Bonchev–Trinajstić information content (AvgIpc) is 2.82. The van der Waals surface area contributed by atoms with Crippen LogP contribution in [0.2, 0.25) is 0 Å². The van der Waals surface area contributed by atoms with E-state index in [1.54, 1.807) is 12.1 Å². The van der Waals surface area contributed by atoms with Crippen LogP contribution in [0, 0.1) is 24.1 Å². The number of amides is 1. The summed E-state index contributed by atoms with van der Waals surface area (Å²) >= 11 is 0. The number of nitrogens with one attached hydrogen (secondary N) is 2. The molecule has 25 heavy (non-hydrogen) atoms. The molecular formula is C19H25FN4O. The number of nitrogens with zero attached hydrogens (tertiary/aromatic N) is 1. The van der Waals surface area contributed by atoms with Crippen LogP contribution < -0.4 is 11.1 Å². The first-order chi connectivity index (χ1) is 11.8. The van der Waals surface area contributed by atoms with Crippen LogP contribution >= 0.6 is 0 Å². The number of hydrogen-bond donors (Lipinski definition) is 3. The molecule has 4 N–H and O–H groups in total. The zero-order valence-electron chi connectivity index (χ0n) is 14.9. The molecule has 0 saturated carbocycles. The summed E-state index contributed by atoms with van der Waals surface area (Å²) in [5, 5.41) is 9.58. The predicted molar refractivity (Wildman–Crippen MR) is 97.2 cm³/mol. The fraction of sp³-hybridized carbons (Fsp3) is 0.368. The van der Waals surface area contributed by atoms with Crippen molar-refractivity contribution in [2.24, 2.45) is 11.7 Å². The van der Waals surface area contributed by atoms with Gasteiger partial charge in [-0.2, -0.15) is 0 Å². The van der Waals surface area contributed by atoms with E-state index in [0.717, 1.165) is 29.8 Å². The average molecular weight is 344 g/mol. The molecule has 0 radical (unpaired) electrons. The minimum absolute atomic E-state index is 0.246. The Labute approximate surface area is 147 Å². The van der Waals surface area contributed by atoms with Crippen molar-refractivity contribution in [3.8, 4) is 0 Å². The molecule has 0 saturated heterocycles. The van der Waals surface area contributed by atoms with Crippen LogP contribution in [0.25, 0.3) is 0 Å². The highest BCUT2D eigenvalue weighted by molar-refractivity contribution is 6.05. The van der Waals surface area contributed by atoms with E-state index < -0.39 is 0 Å². The van der Waals surface area contributed by atoms with E-state index in [-0.39, 0.29) is 17.7 Å². The SMILES string of the molecule is Cc1c(C(=O)NC(=N)N)cc(CC(C)C)n1CCc1ccc(F)cc1. The molecule has 1 aromatic carbocycles. The van der Waals surface area contributed by atoms with Crippen LogP contribution in [-0.4, -0.2) is 16.4 Å². The maximum absolute atomic E-state index is 13.0. The number of guanidine groups is 1. The van der Waals surface area contributed by atoms with Crippen molar-refractivity contribution in [1.82, 2.24) is 9.88 Å². The Hall–Kier alpha value is -2.63. The molecular weight excluding hydrogens is 319 g/mol. The van der Waals surface area contributed by atoms with Crippen molar-refractivity contribution in [2.45, 2.75) is 40.2 Å². The molecule has 0 aliphatic heterocycles. The lowest BCUT2D eigenvalue weighted by atomic mass is 10.1. The summed E-state index contributed by atoms with van der Waals surface area (Å²) in [4.78, 5) is 12.3. The number of halogens is 1. The van der Waals surface area contributed by atoms with Gasteiger partial charge in [0.1, 0.15) is 5.82 Å². The summed E-state index contributed by atoms with van der Waals surface area (Å²) in [6.45, 7) is 6.85. The molecule has 134 valence electrons. The van der Waals surface area contributed by atoms with Crippen LogP contribution in [0.4, 0.5) is 4.39 Å². The second kappa shape index (κ2) is 7.96. The van der Waals surface area contributed by atoms with E-state index in [2.05, 4.69) is 23.7 Å². The Morgan fingerprint density at radius 1 is 1.32 bits per heavy atom. The van der Waals surface area contributed by atoms with E-state index in [1.165, 1.54) is 12.1 Å². The summed E-state index contributed by atoms with van der Waals surface area (Å²) in [6, 6.07) is 8.34. The fourth-order valence-electron chi connectivity index (χ4n) is 2.92. The highest BCUT2D eigenvalue weighted by atomic mass is 19.1. The molecule has 5 nitrogen and oxygen atoms in total. The summed E-state index contributed by atoms with van der Waals surface area (Å²) in [5.74, 6) is -0.531. The van der Waals surface area contributed by atoms with E-state index in [0.29, 0.717) is 18.0 Å². The number of nitrogens with two attached hydrogens (primary N) is 1. The maximum Gasteiger partial charge on any atom is 0.259 e. The van der Waals surface area contributed by atoms with Crippen molar-refractivity contribution in [2.75, 3.05) is 0 Å². The Morgan fingerprint density at radius 2 is 1.96 bits per heavy atom. The van der Waals surface area contributed by atoms with Crippen LogP contribution in [0.5, 0.6) is 0 Å². The third-order valence-corrected chi connectivity index (χ3v) is 4.10. The predicted octanol–water partition coefficient (Wildman–Crippen LogP) is 3.00. The van der Waals surface area contributed by atoms with E-state index in [1.807, 2.05) is 13.0 Å². The molecule has 1 heterocycles. The Balaban J connectivity index is 2.27. The lowest BCUT2D eigenvalue weighted by molar-refractivity contribution is 0.0975. The highest BCUT2D eigenvalue weighted by Gasteiger charge is 2.18. The molecule has 0 bridgehead atoms. The zero-order valence-corrected chi connectivity index (χ0v) is 14.9. The van der Waals surface area contributed by atoms with Crippen molar-refractivity contribution in [1.29, 1.82) is 5.41 Å². The smallest absolute Gasteiger partial charge is 0.259 e. The van der Waals surface area contributed by atoms with Crippen molar-refractivity contribution >= 4 is 11.9 Å². The summed E-state index contributed by atoms with van der Waals surface area (Å²) < 4.78 is 15.2. The van der Waals surface area contributed by atoms with Gasteiger partial charge in [-0.15, -0.1) is 0 Å². The Morgan fingerprint density at radius 3 is 2.52 bits per heavy atom. The van der Waals surface area contributed by atoms with Gasteiger partial charge in [-0.25, -0.2) is 4.39 Å². The van der Waals surface area contributed by atoms with Crippen LogP contribution in [-0.2, 0) is 19.4 Å². The van der Waals surface area contributed by atoms with E-state index >= 15 is 0 Å². The third kappa shape index (κ3) is 4.92. The number of carbonyl (C=O) groups is 1. The number of aryl methyl sites for hydroxylation is 1. The lowest BCUT2D eigenvalue weighted by Crippen LogP contribution is -2.35. The van der Waals surface area contributed by atoms with Crippen LogP contribution in [0.1, 0.15) is 41.2 Å². The highest BCUT2D eigenvalue weighted by Crippen LogP contribution is 2.20. The van der Waals surface area contributed by atoms with Gasteiger partial charge in [0.25, 0.3) is 5.91 Å². The minimum Gasteiger partial charge on any atom is -0.370 e. The number of hydrogen-bond acceptors (Lipinski definition) is 2. The molecule has 1 amide bonds. The zero-order chi connectivity index (χ0) is 18.6. The van der Waals surface area contributed by atoms with Gasteiger partial charge < -0.3 is 10.3 Å². The van der Waals surface area contributed by atoms with Gasteiger partial charge in [-0.05, 0) is 49.4 Å². The van der Waals surface area contributed by atoms with Gasteiger partial charge in [-0.3, -0.25) is 15.5 Å².